The van der Waals surface area contributed by atoms with Gasteiger partial charge in [0.15, 0.2) is 17.5 Å². The molecule has 4 fully saturated rings. The molecule has 0 unspecified atom stereocenters. The molecule has 1 saturated carbocycles. The number of carbonyl (C=O) groups excluding carboxylic acids is 1. The number of oxazole rings is 1. The maximum Gasteiger partial charge on any atom is 0.338 e. The number of rotatable bonds is 7. The largest absolute Gasteiger partial charge is 0.452 e. The molecule has 7 rings (SSSR count). The van der Waals surface area contributed by atoms with Crippen LogP contribution in [0, 0.1) is 11.8 Å². The molecule has 3 saturated heterocycles. The van der Waals surface area contributed by atoms with Gasteiger partial charge in [0.05, 0.1) is 24.8 Å². The molecule has 2 atom stereocenters. The fourth-order valence-corrected chi connectivity index (χ4v) is 6.99. The third-order valence-corrected chi connectivity index (χ3v) is 9.09. The normalized spacial score (nSPS) is 27.5. The molecular formula is C31H37N2O4+. The third kappa shape index (κ3) is 4.73. The van der Waals surface area contributed by atoms with Crippen molar-refractivity contribution in [3.8, 4) is 0 Å². The van der Waals surface area contributed by atoms with E-state index in [2.05, 4.69) is 4.98 Å². The zero-order valence-electron chi connectivity index (χ0n) is 21.4. The van der Waals surface area contributed by atoms with Crippen LogP contribution in [0.1, 0.15) is 72.5 Å². The molecule has 2 bridgehead atoms. The van der Waals surface area contributed by atoms with Gasteiger partial charge in [-0.25, -0.2) is 9.78 Å². The molecule has 4 aliphatic rings. The number of nitrogens with zero attached hydrogens (tertiary/aromatic N) is 2. The van der Waals surface area contributed by atoms with Crippen LogP contribution in [0.3, 0.4) is 0 Å². The number of esters is 1. The van der Waals surface area contributed by atoms with Crippen LogP contribution in [-0.4, -0.2) is 46.3 Å². The highest BCUT2D eigenvalue weighted by Gasteiger charge is 2.49. The van der Waals surface area contributed by atoms with Gasteiger partial charge in [-0.05, 0) is 30.5 Å². The monoisotopic (exact) mass is 501 g/mol. The summed E-state index contributed by atoms with van der Waals surface area (Å²) in [6.07, 6.45) is 9.22. The topological polar surface area (TPSA) is 72.6 Å². The summed E-state index contributed by atoms with van der Waals surface area (Å²) < 4.78 is 13.3. The summed E-state index contributed by atoms with van der Waals surface area (Å²) in [4.78, 5) is 17.4. The lowest BCUT2D eigenvalue weighted by atomic mass is 9.73. The molecule has 0 amide bonds. The predicted molar refractivity (Wildman–Crippen MR) is 139 cm³/mol. The molecule has 194 valence electrons. The Morgan fingerprint density at radius 2 is 1.65 bits per heavy atom. The Kier molecular flexibility index (Phi) is 6.63. The fourth-order valence-electron chi connectivity index (χ4n) is 6.99. The summed E-state index contributed by atoms with van der Waals surface area (Å²) in [5.41, 5.74) is 0.241. The second kappa shape index (κ2) is 10.1. The molecule has 1 aromatic heterocycles. The summed E-state index contributed by atoms with van der Waals surface area (Å²) >= 11 is 0. The van der Waals surface area contributed by atoms with Crippen molar-refractivity contribution in [1.29, 1.82) is 0 Å². The lowest BCUT2D eigenvalue weighted by Crippen LogP contribution is -2.63. The van der Waals surface area contributed by atoms with Crippen molar-refractivity contribution in [2.75, 3.05) is 19.6 Å². The quantitative estimate of drug-likeness (QED) is 0.344. The molecule has 6 nitrogen and oxygen atoms in total. The van der Waals surface area contributed by atoms with E-state index >= 15 is 0 Å². The highest BCUT2D eigenvalue weighted by atomic mass is 16.5. The number of piperidine rings is 3. The van der Waals surface area contributed by atoms with Crippen LogP contribution in [0.5, 0.6) is 0 Å². The molecule has 37 heavy (non-hydrogen) atoms. The van der Waals surface area contributed by atoms with Gasteiger partial charge in [0.1, 0.15) is 13.1 Å². The zero-order chi connectivity index (χ0) is 25.3. The first-order valence-electron chi connectivity index (χ1n) is 13.9. The van der Waals surface area contributed by atoms with E-state index in [1.165, 1.54) is 6.42 Å². The number of hydrogen-bond acceptors (Lipinski definition) is 5. The van der Waals surface area contributed by atoms with Crippen LogP contribution < -0.4 is 0 Å². The number of aliphatic hydroxyl groups is 1. The van der Waals surface area contributed by atoms with Crippen LogP contribution in [0.4, 0.5) is 0 Å². The molecule has 0 radical (unpaired) electrons. The predicted octanol–water partition coefficient (Wildman–Crippen LogP) is 5.46. The number of quaternary nitrogens is 1. The van der Waals surface area contributed by atoms with Gasteiger partial charge >= 0.3 is 5.97 Å². The highest BCUT2D eigenvalue weighted by molar-refractivity contribution is 5.89. The Balaban J connectivity index is 1.21. The van der Waals surface area contributed by atoms with Crippen LogP contribution in [-0.2, 0) is 16.9 Å². The van der Waals surface area contributed by atoms with E-state index in [9.17, 15) is 9.90 Å². The highest BCUT2D eigenvalue weighted by Crippen LogP contribution is 2.44. The van der Waals surface area contributed by atoms with Gasteiger partial charge in [0.2, 0.25) is 5.89 Å². The van der Waals surface area contributed by atoms with Gasteiger partial charge in [-0.1, -0.05) is 67.8 Å². The SMILES string of the molecule is O=C(O[C@@H]1C[N+]2(Cc3cnc([C@](O)(c4ccccc4)C4CCCCC4)o3)CCC1CC2)c1ccccc1. The smallest absolute Gasteiger partial charge is 0.338 e. The van der Waals surface area contributed by atoms with Crippen LogP contribution >= 0.6 is 0 Å². The van der Waals surface area contributed by atoms with E-state index in [-0.39, 0.29) is 18.0 Å². The Morgan fingerprint density at radius 1 is 0.973 bits per heavy atom. The molecule has 3 aromatic rings. The number of benzene rings is 2. The molecule has 4 heterocycles. The Morgan fingerprint density at radius 3 is 2.35 bits per heavy atom. The zero-order valence-corrected chi connectivity index (χ0v) is 21.4. The average molecular weight is 502 g/mol. The van der Waals surface area contributed by atoms with E-state index in [4.69, 9.17) is 9.15 Å². The van der Waals surface area contributed by atoms with Crippen molar-refractivity contribution in [2.24, 2.45) is 11.8 Å². The first-order chi connectivity index (χ1) is 18.1. The second-order valence-electron chi connectivity index (χ2n) is 11.4. The van der Waals surface area contributed by atoms with Crippen molar-refractivity contribution in [1.82, 2.24) is 4.98 Å². The Labute approximate surface area is 218 Å². The molecule has 1 N–H and O–H groups in total. The minimum absolute atomic E-state index is 0.0823. The molecule has 1 aliphatic carbocycles. The van der Waals surface area contributed by atoms with Gasteiger partial charge in [-0.2, -0.15) is 0 Å². The van der Waals surface area contributed by atoms with E-state index < -0.39 is 5.60 Å². The van der Waals surface area contributed by atoms with Crippen molar-refractivity contribution in [3.05, 3.63) is 89.6 Å². The number of fused-ring (bicyclic) bond motifs is 3. The van der Waals surface area contributed by atoms with E-state index in [0.717, 1.165) is 74.0 Å². The third-order valence-electron chi connectivity index (χ3n) is 9.09. The maximum absolute atomic E-state index is 12.8. The van der Waals surface area contributed by atoms with E-state index in [1.54, 1.807) is 0 Å². The molecule has 6 heteroatoms. The minimum Gasteiger partial charge on any atom is -0.452 e. The molecular weight excluding hydrogens is 464 g/mol. The molecule has 3 aliphatic heterocycles. The van der Waals surface area contributed by atoms with Crippen LogP contribution in [0.25, 0.3) is 0 Å². The van der Waals surface area contributed by atoms with E-state index in [1.807, 2.05) is 66.9 Å². The van der Waals surface area contributed by atoms with Gasteiger partial charge in [0.25, 0.3) is 0 Å². The molecule has 2 aromatic carbocycles. The fraction of sp³-hybridized carbons (Fsp3) is 0.484. The van der Waals surface area contributed by atoms with Crippen molar-refractivity contribution < 1.29 is 23.5 Å². The summed E-state index contributed by atoms with van der Waals surface area (Å²) in [7, 11) is 0. The van der Waals surface area contributed by atoms with Gasteiger partial charge in [0, 0.05) is 24.7 Å². The van der Waals surface area contributed by atoms with Crippen molar-refractivity contribution in [2.45, 2.75) is 63.2 Å². The number of carbonyl (C=O) groups is 1. The lowest BCUT2D eigenvalue weighted by Gasteiger charge is -2.51. The standard InChI is InChI=1S/C31H37N2O4/c34-29(24-10-4-1-5-11-24)37-28-22-33(18-16-23(28)17-19-33)21-27-20-32-30(36-27)31(35,25-12-6-2-7-13-25)26-14-8-3-9-15-26/h1-2,4-7,10-13,20,23,26,28,35H,3,8-9,14-19,21-22H2/q+1/t23?,28-,31+,33?/m1/s1. The van der Waals surface area contributed by atoms with Crippen molar-refractivity contribution >= 4 is 5.97 Å². The Hall–Kier alpha value is -2.96. The first-order valence-corrected chi connectivity index (χ1v) is 13.9. The van der Waals surface area contributed by atoms with Gasteiger partial charge in [-0.3, -0.25) is 0 Å². The first kappa shape index (κ1) is 24.4. The second-order valence-corrected chi connectivity index (χ2v) is 11.4. The maximum atomic E-state index is 12.8. The summed E-state index contributed by atoms with van der Waals surface area (Å²) in [5.74, 6) is 1.49. The number of ether oxygens (including phenoxy) is 1. The average Bonchev–Trinajstić information content (AvgIpc) is 3.43. The molecule has 0 spiro atoms. The Bertz CT molecular complexity index is 1200. The summed E-state index contributed by atoms with van der Waals surface area (Å²) in [5, 5.41) is 12.2. The minimum atomic E-state index is -1.22. The van der Waals surface area contributed by atoms with Crippen molar-refractivity contribution in [3.63, 3.8) is 0 Å². The van der Waals surface area contributed by atoms with Gasteiger partial charge in [-0.15, -0.1) is 0 Å². The number of hydrogen-bond donors (Lipinski definition) is 1. The summed E-state index contributed by atoms with van der Waals surface area (Å²) in [6.45, 7) is 3.59. The lowest BCUT2D eigenvalue weighted by molar-refractivity contribution is -0.959. The number of aromatic nitrogens is 1. The van der Waals surface area contributed by atoms with Crippen LogP contribution in [0.15, 0.2) is 71.3 Å². The van der Waals surface area contributed by atoms with E-state index in [0.29, 0.717) is 23.9 Å². The van der Waals surface area contributed by atoms with Crippen LogP contribution in [0.2, 0.25) is 0 Å². The van der Waals surface area contributed by atoms with Gasteiger partial charge < -0.3 is 18.7 Å². The summed E-state index contributed by atoms with van der Waals surface area (Å²) in [6, 6.07) is 19.2.